The van der Waals surface area contributed by atoms with E-state index in [4.69, 9.17) is 5.73 Å². The second kappa shape index (κ2) is 2.92. The second-order valence-electron chi connectivity index (χ2n) is 5.42. The molecule has 1 spiro atoms. The second-order valence-corrected chi connectivity index (χ2v) is 5.42. The first kappa shape index (κ1) is 9.97. The average molecular weight is 217 g/mol. The summed E-state index contributed by atoms with van der Waals surface area (Å²) in [4.78, 5) is 4.49. The molecule has 0 bridgehead atoms. The zero-order valence-corrected chi connectivity index (χ0v) is 10.2. The van der Waals surface area contributed by atoms with Crippen molar-refractivity contribution in [2.45, 2.75) is 17.9 Å². The molecule has 2 unspecified atom stereocenters. The monoisotopic (exact) mass is 217 g/mol. The molecule has 1 saturated carbocycles. The summed E-state index contributed by atoms with van der Waals surface area (Å²) in [5.74, 6) is 0. The number of rotatable bonds is 1. The lowest BCUT2D eigenvalue weighted by Gasteiger charge is -2.17. The summed E-state index contributed by atoms with van der Waals surface area (Å²) in [5.41, 5.74) is 10.4. The predicted octanol–water partition coefficient (Wildman–Crippen LogP) is 1.17. The van der Waals surface area contributed by atoms with Crippen molar-refractivity contribution in [1.29, 1.82) is 0 Å². The fourth-order valence-corrected chi connectivity index (χ4v) is 2.95. The van der Waals surface area contributed by atoms with Gasteiger partial charge in [-0.15, -0.1) is 0 Å². The van der Waals surface area contributed by atoms with Crippen LogP contribution in [0, 0.1) is 0 Å². The first-order valence-electron chi connectivity index (χ1n) is 5.83. The Morgan fingerprint density at radius 2 is 2.12 bits per heavy atom. The van der Waals surface area contributed by atoms with Crippen LogP contribution in [0.5, 0.6) is 0 Å². The summed E-state index contributed by atoms with van der Waals surface area (Å²) in [6, 6.07) is 7.10. The number of anilines is 2. The summed E-state index contributed by atoms with van der Waals surface area (Å²) in [7, 11) is 6.32. The van der Waals surface area contributed by atoms with Crippen molar-refractivity contribution >= 4 is 11.4 Å². The van der Waals surface area contributed by atoms with E-state index in [0.29, 0.717) is 6.04 Å². The third-order valence-electron chi connectivity index (χ3n) is 4.10. The van der Waals surface area contributed by atoms with Crippen LogP contribution in [0.4, 0.5) is 11.4 Å². The molecular formula is C13H19N3. The quantitative estimate of drug-likeness (QED) is 0.766. The van der Waals surface area contributed by atoms with Crippen LogP contribution in [-0.2, 0) is 5.41 Å². The zero-order chi connectivity index (χ0) is 11.5. The van der Waals surface area contributed by atoms with Crippen molar-refractivity contribution in [2.75, 3.05) is 37.5 Å². The van der Waals surface area contributed by atoms with Crippen LogP contribution in [0.1, 0.15) is 12.0 Å². The van der Waals surface area contributed by atoms with Gasteiger partial charge in [0.05, 0.1) is 0 Å². The van der Waals surface area contributed by atoms with Gasteiger partial charge in [0.2, 0.25) is 0 Å². The molecule has 2 aliphatic rings. The third-order valence-corrected chi connectivity index (χ3v) is 4.10. The number of benzene rings is 1. The molecule has 86 valence electrons. The Hall–Kier alpha value is -1.22. The minimum atomic E-state index is 0.273. The van der Waals surface area contributed by atoms with E-state index < -0.39 is 0 Å². The highest BCUT2D eigenvalue weighted by atomic mass is 15.2. The molecule has 1 aromatic rings. The SMILES string of the molecule is CN(C)c1ccc2c(c1)N(C)CC21CC1N. The molecule has 3 heteroatoms. The van der Waals surface area contributed by atoms with Crippen LogP contribution in [-0.4, -0.2) is 33.7 Å². The Bertz CT molecular complexity index is 441. The van der Waals surface area contributed by atoms with E-state index in [9.17, 15) is 0 Å². The van der Waals surface area contributed by atoms with E-state index in [1.54, 1.807) is 0 Å². The number of fused-ring (bicyclic) bond motifs is 2. The van der Waals surface area contributed by atoms with Gasteiger partial charge in [0.1, 0.15) is 0 Å². The van der Waals surface area contributed by atoms with Crippen molar-refractivity contribution in [1.82, 2.24) is 0 Å². The molecule has 3 rings (SSSR count). The fourth-order valence-electron chi connectivity index (χ4n) is 2.95. The molecule has 2 atom stereocenters. The largest absolute Gasteiger partial charge is 0.378 e. The van der Waals surface area contributed by atoms with Gasteiger partial charge in [-0.3, -0.25) is 0 Å². The topological polar surface area (TPSA) is 32.5 Å². The van der Waals surface area contributed by atoms with E-state index >= 15 is 0 Å². The molecular weight excluding hydrogens is 198 g/mol. The van der Waals surface area contributed by atoms with Gasteiger partial charge in [0.25, 0.3) is 0 Å². The summed E-state index contributed by atoms with van der Waals surface area (Å²) < 4.78 is 0. The minimum Gasteiger partial charge on any atom is -0.378 e. The Kier molecular flexibility index (Phi) is 1.82. The third kappa shape index (κ3) is 1.12. The Balaban J connectivity index is 2.08. The van der Waals surface area contributed by atoms with Crippen LogP contribution in [0.15, 0.2) is 18.2 Å². The molecule has 16 heavy (non-hydrogen) atoms. The molecule has 1 aliphatic carbocycles. The number of nitrogens with two attached hydrogens (primary N) is 1. The van der Waals surface area contributed by atoms with Crippen LogP contribution in [0.3, 0.4) is 0 Å². The Morgan fingerprint density at radius 3 is 2.69 bits per heavy atom. The standard InChI is InChI=1S/C13H19N3/c1-15(2)9-4-5-10-11(6-9)16(3)8-13(10)7-12(13)14/h4-6,12H,7-8,14H2,1-3H3. The summed E-state index contributed by atoms with van der Waals surface area (Å²) in [6.07, 6.45) is 1.14. The number of hydrogen-bond acceptors (Lipinski definition) is 3. The van der Waals surface area contributed by atoms with Crippen molar-refractivity contribution in [3.05, 3.63) is 23.8 Å². The molecule has 0 amide bonds. The molecule has 1 fully saturated rings. The summed E-state index contributed by atoms with van der Waals surface area (Å²) in [5, 5.41) is 0. The van der Waals surface area contributed by atoms with Gasteiger partial charge in [-0.2, -0.15) is 0 Å². The van der Waals surface area contributed by atoms with Gasteiger partial charge in [-0.05, 0) is 24.1 Å². The predicted molar refractivity (Wildman–Crippen MR) is 68.3 cm³/mol. The van der Waals surface area contributed by atoms with Crippen LogP contribution >= 0.6 is 0 Å². The van der Waals surface area contributed by atoms with E-state index in [1.807, 2.05) is 0 Å². The molecule has 0 saturated heterocycles. The lowest BCUT2D eigenvalue weighted by molar-refractivity contribution is 0.697. The van der Waals surface area contributed by atoms with Gasteiger partial charge in [0, 0.05) is 50.5 Å². The summed E-state index contributed by atoms with van der Waals surface area (Å²) >= 11 is 0. The van der Waals surface area contributed by atoms with Crippen LogP contribution in [0.2, 0.25) is 0 Å². The van der Waals surface area contributed by atoms with E-state index in [-0.39, 0.29) is 5.41 Å². The number of likely N-dealkylation sites (N-methyl/N-ethyl adjacent to an activating group) is 1. The first-order valence-corrected chi connectivity index (χ1v) is 5.83. The highest BCUT2D eigenvalue weighted by Gasteiger charge is 2.58. The molecule has 0 radical (unpaired) electrons. The number of nitrogens with zero attached hydrogens (tertiary/aromatic N) is 2. The van der Waals surface area contributed by atoms with Gasteiger partial charge < -0.3 is 15.5 Å². The van der Waals surface area contributed by atoms with E-state index in [0.717, 1.165) is 13.0 Å². The first-order chi connectivity index (χ1) is 7.54. The number of hydrogen-bond donors (Lipinski definition) is 1. The minimum absolute atomic E-state index is 0.273. The lowest BCUT2D eigenvalue weighted by atomic mass is 9.97. The summed E-state index contributed by atoms with van der Waals surface area (Å²) in [6.45, 7) is 1.08. The zero-order valence-electron chi connectivity index (χ0n) is 10.2. The van der Waals surface area contributed by atoms with Gasteiger partial charge in [-0.25, -0.2) is 0 Å². The molecule has 1 heterocycles. The fraction of sp³-hybridized carbons (Fsp3) is 0.538. The Morgan fingerprint density at radius 1 is 1.44 bits per heavy atom. The smallest absolute Gasteiger partial charge is 0.0424 e. The van der Waals surface area contributed by atoms with Gasteiger partial charge in [0.15, 0.2) is 0 Å². The van der Waals surface area contributed by atoms with E-state index in [1.165, 1.54) is 16.9 Å². The lowest BCUT2D eigenvalue weighted by Crippen LogP contribution is -2.24. The van der Waals surface area contributed by atoms with Crippen molar-refractivity contribution < 1.29 is 0 Å². The Labute approximate surface area is 96.8 Å². The van der Waals surface area contributed by atoms with E-state index in [2.05, 4.69) is 49.1 Å². The molecule has 3 nitrogen and oxygen atoms in total. The van der Waals surface area contributed by atoms with Gasteiger partial charge >= 0.3 is 0 Å². The normalized spacial score (nSPS) is 30.8. The van der Waals surface area contributed by atoms with Crippen LogP contribution < -0.4 is 15.5 Å². The maximum atomic E-state index is 6.10. The molecule has 0 aromatic heterocycles. The van der Waals surface area contributed by atoms with Crippen molar-refractivity contribution in [2.24, 2.45) is 5.73 Å². The van der Waals surface area contributed by atoms with Gasteiger partial charge in [-0.1, -0.05) is 6.07 Å². The van der Waals surface area contributed by atoms with Crippen LogP contribution in [0.25, 0.3) is 0 Å². The molecule has 1 aromatic carbocycles. The highest BCUT2D eigenvalue weighted by molar-refractivity contribution is 5.71. The van der Waals surface area contributed by atoms with Crippen molar-refractivity contribution in [3.63, 3.8) is 0 Å². The molecule has 1 aliphatic heterocycles. The maximum absolute atomic E-state index is 6.10. The highest BCUT2D eigenvalue weighted by Crippen LogP contribution is 2.55. The average Bonchev–Trinajstić information content (AvgIpc) is 2.79. The molecule has 2 N–H and O–H groups in total. The maximum Gasteiger partial charge on any atom is 0.0424 e. The van der Waals surface area contributed by atoms with Crippen molar-refractivity contribution in [3.8, 4) is 0 Å².